The van der Waals surface area contributed by atoms with Gasteiger partial charge in [-0.3, -0.25) is 4.79 Å². The topological polar surface area (TPSA) is 90.0 Å². The summed E-state index contributed by atoms with van der Waals surface area (Å²) >= 11 is 0. The molecule has 0 atom stereocenters. The first-order chi connectivity index (χ1) is 15.7. The fourth-order valence-electron chi connectivity index (χ4n) is 4.05. The molecule has 34 heavy (non-hydrogen) atoms. The number of aromatic nitrogens is 1. The Labute approximate surface area is 201 Å². The Morgan fingerprint density at radius 2 is 1.85 bits per heavy atom. The van der Waals surface area contributed by atoms with Crippen LogP contribution in [-0.2, 0) is 16.1 Å². The average Bonchev–Trinajstić information content (AvgIpc) is 2.68. The molecule has 1 aliphatic heterocycles. The number of pyridine rings is 1. The van der Waals surface area contributed by atoms with E-state index in [1.807, 2.05) is 46.8 Å². The molecular weight excluding hydrogens is 434 g/mol. The summed E-state index contributed by atoms with van der Waals surface area (Å²) in [4.78, 5) is 34.9. The molecule has 1 N–H and O–H groups in total. The fourth-order valence-corrected chi connectivity index (χ4v) is 4.05. The van der Waals surface area contributed by atoms with Gasteiger partial charge in [0.2, 0.25) is 5.91 Å². The number of hydrogen-bond donors (Lipinski definition) is 1. The maximum absolute atomic E-state index is 13.1. The molecule has 8 heteroatoms. The van der Waals surface area contributed by atoms with Crippen LogP contribution in [0.2, 0.25) is 0 Å². The zero-order valence-electron chi connectivity index (χ0n) is 21.3. The molecule has 1 aliphatic rings. The highest BCUT2D eigenvalue weighted by atomic mass is 16.7. The highest BCUT2D eigenvalue weighted by molar-refractivity contribution is 5.89. The smallest absolute Gasteiger partial charge is 0.444 e. The summed E-state index contributed by atoms with van der Waals surface area (Å²) in [5, 5.41) is 4.03. The van der Waals surface area contributed by atoms with Crippen LogP contribution in [-0.4, -0.2) is 33.2 Å². The van der Waals surface area contributed by atoms with Gasteiger partial charge in [0.15, 0.2) is 5.75 Å². The van der Waals surface area contributed by atoms with Crippen LogP contribution < -0.4 is 14.9 Å². The molecule has 1 aromatic heterocycles. The van der Waals surface area contributed by atoms with Crippen molar-refractivity contribution in [1.82, 2.24) is 10.0 Å². The SMILES string of the molecule is CC(=O)Nc1cc2c(cn1)COc1cc(ON(C(=O)OC(C)(C)C)C(C)(C)CC(C)C)ccc1-2. The molecular formula is C26H35N3O5. The van der Waals surface area contributed by atoms with Crippen molar-refractivity contribution in [3.8, 4) is 22.6 Å². The second-order valence-electron chi connectivity index (χ2n) is 10.6. The quantitative estimate of drug-likeness (QED) is 0.526. The van der Waals surface area contributed by atoms with Gasteiger partial charge in [-0.25, -0.2) is 9.78 Å². The summed E-state index contributed by atoms with van der Waals surface area (Å²) in [6, 6.07) is 7.26. The molecule has 0 radical (unpaired) electrons. The number of ether oxygens (including phenoxy) is 2. The maximum atomic E-state index is 13.1. The van der Waals surface area contributed by atoms with Crippen molar-refractivity contribution in [1.29, 1.82) is 0 Å². The number of hydrogen-bond acceptors (Lipinski definition) is 6. The van der Waals surface area contributed by atoms with E-state index in [1.54, 1.807) is 18.3 Å². The number of carbonyl (C=O) groups excluding carboxylic acids is 2. The molecule has 0 unspecified atom stereocenters. The maximum Gasteiger partial charge on any atom is 0.444 e. The Morgan fingerprint density at radius 3 is 2.47 bits per heavy atom. The first kappa shape index (κ1) is 25.3. The molecule has 0 bridgehead atoms. The Balaban J connectivity index is 1.92. The van der Waals surface area contributed by atoms with E-state index in [-0.39, 0.29) is 5.91 Å². The number of rotatable bonds is 6. The zero-order chi connectivity index (χ0) is 25.3. The number of carbonyl (C=O) groups is 2. The summed E-state index contributed by atoms with van der Waals surface area (Å²) in [5.74, 6) is 1.72. The summed E-state index contributed by atoms with van der Waals surface area (Å²) in [6.07, 6.45) is 1.88. The molecule has 1 aromatic carbocycles. The molecule has 8 nitrogen and oxygen atoms in total. The van der Waals surface area contributed by atoms with Crippen molar-refractivity contribution in [2.24, 2.45) is 5.92 Å². The Bertz CT molecular complexity index is 1070. The second-order valence-corrected chi connectivity index (χ2v) is 10.6. The minimum absolute atomic E-state index is 0.185. The van der Waals surface area contributed by atoms with Crippen LogP contribution in [0.4, 0.5) is 10.6 Å². The lowest BCUT2D eigenvalue weighted by molar-refractivity contribution is -0.129. The van der Waals surface area contributed by atoms with Crippen molar-refractivity contribution in [3.63, 3.8) is 0 Å². The van der Waals surface area contributed by atoms with Gasteiger partial charge < -0.3 is 19.6 Å². The highest BCUT2D eigenvalue weighted by Gasteiger charge is 2.37. The summed E-state index contributed by atoms with van der Waals surface area (Å²) in [5.41, 5.74) is 1.43. The molecule has 2 amide bonds. The van der Waals surface area contributed by atoms with E-state index in [2.05, 4.69) is 24.1 Å². The van der Waals surface area contributed by atoms with Crippen molar-refractivity contribution in [3.05, 3.63) is 36.0 Å². The van der Waals surface area contributed by atoms with Crippen LogP contribution in [0.25, 0.3) is 11.1 Å². The van der Waals surface area contributed by atoms with Crippen LogP contribution in [0.15, 0.2) is 30.5 Å². The van der Waals surface area contributed by atoms with Crippen LogP contribution in [0.1, 0.15) is 67.4 Å². The summed E-state index contributed by atoms with van der Waals surface area (Å²) in [7, 11) is 0. The molecule has 0 saturated heterocycles. The third-order valence-corrected chi connectivity index (χ3v) is 5.13. The fraction of sp³-hybridized carbons (Fsp3) is 0.500. The minimum atomic E-state index is -0.658. The largest absolute Gasteiger partial charge is 0.488 e. The van der Waals surface area contributed by atoms with E-state index in [0.29, 0.717) is 29.8 Å². The van der Waals surface area contributed by atoms with Crippen LogP contribution in [0.3, 0.4) is 0 Å². The molecule has 0 aliphatic carbocycles. The second kappa shape index (κ2) is 9.52. The minimum Gasteiger partial charge on any atom is -0.488 e. The average molecular weight is 470 g/mol. The lowest BCUT2D eigenvalue weighted by Crippen LogP contribution is -2.52. The summed E-state index contributed by atoms with van der Waals surface area (Å²) in [6.45, 7) is 15.4. The first-order valence-corrected chi connectivity index (χ1v) is 11.5. The van der Waals surface area contributed by atoms with Crippen molar-refractivity contribution in [2.45, 2.75) is 79.6 Å². The van der Waals surface area contributed by atoms with Gasteiger partial charge in [0, 0.05) is 30.3 Å². The van der Waals surface area contributed by atoms with Gasteiger partial charge >= 0.3 is 6.09 Å². The van der Waals surface area contributed by atoms with Gasteiger partial charge in [-0.05, 0) is 70.7 Å². The van der Waals surface area contributed by atoms with Gasteiger partial charge in [0.25, 0.3) is 0 Å². The van der Waals surface area contributed by atoms with E-state index in [9.17, 15) is 9.59 Å². The van der Waals surface area contributed by atoms with Crippen molar-refractivity contribution >= 4 is 17.8 Å². The predicted octanol–water partition coefficient (Wildman–Crippen LogP) is 5.96. The standard InChI is InChI=1S/C26H35N3O5/c1-16(2)13-26(7,8)29(24(31)33-25(4,5)6)34-19-9-10-20-21-12-23(28-17(3)30)27-14-18(21)15-32-22(20)11-19/h9-12,14,16H,13,15H2,1-8H3,(H,27,28,30). The monoisotopic (exact) mass is 469 g/mol. The van der Waals surface area contributed by atoms with E-state index in [1.165, 1.54) is 12.0 Å². The normalized spacial score (nSPS) is 12.9. The Hall–Kier alpha value is -3.29. The van der Waals surface area contributed by atoms with Gasteiger partial charge in [-0.2, -0.15) is 0 Å². The predicted molar refractivity (Wildman–Crippen MR) is 131 cm³/mol. The van der Waals surface area contributed by atoms with E-state index in [4.69, 9.17) is 14.3 Å². The number of nitrogens with one attached hydrogen (secondary N) is 1. The van der Waals surface area contributed by atoms with Crippen molar-refractivity contribution in [2.75, 3.05) is 5.32 Å². The van der Waals surface area contributed by atoms with Gasteiger partial charge in [0.1, 0.15) is 23.8 Å². The van der Waals surface area contributed by atoms with Gasteiger partial charge in [-0.15, -0.1) is 5.06 Å². The lowest BCUT2D eigenvalue weighted by Gasteiger charge is -2.38. The van der Waals surface area contributed by atoms with Crippen molar-refractivity contribution < 1.29 is 23.9 Å². The first-order valence-electron chi connectivity index (χ1n) is 11.5. The number of benzene rings is 1. The number of amides is 2. The van der Waals surface area contributed by atoms with Gasteiger partial charge in [0.05, 0.1) is 5.54 Å². The molecule has 0 spiro atoms. The Morgan fingerprint density at radius 1 is 1.15 bits per heavy atom. The molecule has 0 saturated carbocycles. The third kappa shape index (κ3) is 6.18. The van der Waals surface area contributed by atoms with E-state index in [0.717, 1.165) is 23.1 Å². The van der Waals surface area contributed by atoms with E-state index < -0.39 is 17.2 Å². The molecule has 2 heterocycles. The third-order valence-electron chi connectivity index (χ3n) is 5.13. The number of nitrogens with zero attached hydrogens (tertiary/aromatic N) is 2. The number of fused-ring (bicyclic) bond motifs is 3. The zero-order valence-corrected chi connectivity index (χ0v) is 21.3. The number of hydroxylamine groups is 2. The highest BCUT2D eigenvalue weighted by Crippen LogP contribution is 2.41. The molecule has 0 fully saturated rings. The van der Waals surface area contributed by atoms with Crippen LogP contribution in [0.5, 0.6) is 11.5 Å². The summed E-state index contributed by atoms with van der Waals surface area (Å²) < 4.78 is 11.6. The number of anilines is 1. The Kier molecular flexibility index (Phi) is 7.10. The molecule has 3 rings (SSSR count). The molecule has 2 aromatic rings. The lowest BCUT2D eigenvalue weighted by atomic mass is 9.92. The molecule has 184 valence electrons. The van der Waals surface area contributed by atoms with Gasteiger partial charge in [-0.1, -0.05) is 13.8 Å². The van der Waals surface area contributed by atoms with Crippen LogP contribution >= 0.6 is 0 Å². The van der Waals surface area contributed by atoms with Crippen LogP contribution in [0, 0.1) is 5.92 Å². The van der Waals surface area contributed by atoms with E-state index >= 15 is 0 Å².